The normalized spacial score (nSPS) is 12.7. The number of benzene rings is 1. The molecule has 4 N–H and O–H groups in total. The number of nitrogens with one attached hydrogen (secondary N) is 2. The average Bonchev–Trinajstić information content (AvgIpc) is 2.49. The Kier molecular flexibility index (Phi) is 4.85. The molecule has 2 rings (SSSR count). The number of aromatic nitrogens is 1. The number of hydrogen-bond donors (Lipinski definition) is 3. The number of carbonyl (C=O) groups excluding carboxylic acids is 1. The molecular formula is C15H14F3N3O2. The maximum absolute atomic E-state index is 12.6. The Balaban J connectivity index is 2.12. The number of carbonyl (C=O) groups is 1. The molecule has 0 bridgehead atoms. The van der Waals surface area contributed by atoms with Crippen LogP contribution in [0.25, 0.3) is 0 Å². The number of nitrogens with two attached hydrogens (primary N) is 1. The Morgan fingerprint density at radius 2 is 1.91 bits per heavy atom. The minimum Gasteiger partial charge on any atom is -0.327 e. The minimum absolute atomic E-state index is 0.198. The molecule has 0 spiro atoms. The maximum atomic E-state index is 12.6. The highest BCUT2D eigenvalue weighted by molar-refractivity contribution is 5.94. The number of aromatic amines is 1. The molecule has 0 aliphatic heterocycles. The number of halogens is 3. The van der Waals surface area contributed by atoms with Crippen molar-refractivity contribution in [2.45, 2.75) is 18.6 Å². The quantitative estimate of drug-likeness (QED) is 0.802. The van der Waals surface area contributed by atoms with Gasteiger partial charge in [0.2, 0.25) is 5.91 Å². The zero-order valence-corrected chi connectivity index (χ0v) is 11.9. The van der Waals surface area contributed by atoms with Crippen LogP contribution in [0.15, 0.2) is 47.4 Å². The van der Waals surface area contributed by atoms with Crippen LogP contribution in [0.2, 0.25) is 0 Å². The molecule has 0 radical (unpaired) electrons. The molecule has 0 aliphatic carbocycles. The summed E-state index contributed by atoms with van der Waals surface area (Å²) in [6, 6.07) is 8.47. The van der Waals surface area contributed by atoms with Crippen LogP contribution in [-0.2, 0) is 17.4 Å². The number of pyridine rings is 1. The van der Waals surface area contributed by atoms with E-state index in [-0.39, 0.29) is 6.42 Å². The molecule has 2 aromatic rings. The fourth-order valence-electron chi connectivity index (χ4n) is 1.93. The number of H-pyrrole nitrogens is 1. The molecule has 0 saturated heterocycles. The van der Waals surface area contributed by atoms with Gasteiger partial charge in [0.1, 0.15) is 5.69 Å². The van der Waals surface area contributed by atoms with Crippen molar-refractivity contribution in [1.29, 1.82) is 0 Å². The van der Waals surface area contributed by atoms with Crippen LogP contribution in [-0.4, -0.2) is 16.9 Å². The fraction of sp³-hybridized carbons (Fsp3) is 0.200. The zero-order chi connectivity index (χ0) is 17.0. The van der Waals surface area contributed by atoms with Crippen molar-refractivity contribution >= 4 is 11.6 Å². The third kappa shape index (κ3) is 4.43. The van der Waals surface area contributed by atoms with Crippen molar-refractivity contribution in [2.24, 2.45) is 5.73 Å². The van der Waals surface area contributed by atoms with Gasteiger partial charge in [-0.05, 0) is 18.1 Å². The molecule has 1 aromatic heterocycles. The Hall–Kier alpha value is -2.61. The van der Waals surface area contributed by atoms with Crippen molar-refractivity contribution in [3.05, 3.63) is 64.1 Å². The summed E-state index contributed by atoms with van der Waals surface area (Å²) in [7, 11) is 0. The molecule has 5 nitrogen and oxygen atoms in total. The second-order valence-corrected chi connectivity index (χ2v) is 4.91. The first-order chi connectivity index (χ1) is 10.8. The molecule has 0 saturated carbocycles. The van der Waals surface area contributed by atoms with Crippen LogP contribution >= 0.6 is 0 Å². The minimum atomic E-state index is -4.63. The van der Waals surface area contributed by atoms with Crippen molar-refractivity contribution in [2.75, 3.05) is 5.32 Å². The van der Waals surface area contributed by atoms with E-state index in [0.29, 0.717) is 12.3 Å². The van der Waals surface area contributed by atoms with E-state index in [1.807, 2.05) is 4.98 Å². The molecular weight excluding hydrogens is 311 g/mol. The van der Waals surface area contributed by atoms with Gasteiger partial charge in [0, 0.05) is 6.20 Å². The molecule has 23 heavy (non-hydrogen) atoms. The summed E-state index contributed by atoms with van der Waals surface area (Å²) in [5, 5.41) is 2.14. The van der Waals surface area contributed by atoms with Crippen LogP contribution in [0.3, 0.4) is 0 Å². The topological polar surface area (TPSA) is 88.0 Å². The second kappa shape index (κ2) is 6.66. The standard InChI is InChI=1S/C15H14F3N3O2/c16-15(17,18)10-7-12(14(23)20-8-10)21-13(22)11(19)6-9-4-2-1-3-5-9/h1-5,7-8,11H,6,19H2,(H,20,23)(H,21,22). The van der Waals surface area contributed by atoms with E-state index in [1.165, 1.54) is 0 Å². The third-order valence-electron chi connectivity index (χ3n) is 3.12. The van der Waals surface area contributed by atoms with Crippen molar-refractivity contribution in [3.8, 4) is 0 Å². The average molecular weight is 325 g/mol. The van der Waals surface area contributed by atoms with E-state index in [0.717, 1.165) is 5.56 Å². The fourth-order valence-corrected chi connectivity index (χ4v) is 1.93. The van der Waals surface area contributed by atoms with Crippen LogP contribution in [0.5, 0.6) is 0 Å². The Bertz CT molecular complexity index is 742. The Morgan fingerprint density at radius 1 is 1.26 bits per heavy atom. The lowest BCUT2D eigenvalue weighted by atomic mass is 10.1. The molecule has 1 amide bonds. The lowest BCUT2D eigenvalue weighted by molar-refractivity contribution is -0.137. The smallest absolute Gasteiger partial charge is 0.327 e. The van der Waals surface area contributed by atoms with Crippen LogP contribution < -0.4 is 16.6 Å². The summed E-state index contributed by atoms with van der Waals surface area (Å²) in [5.41, 5.74) is 4.13. The van der Waals surface area contributed by atoms with Crippen LogP contribution in [0.4, 0.5) is 18.9 Å². The van der Waals surface area contributed by atoms with E-state index in [2.05, 4.69) is 5.32 Å². The molecule has 0 aliphatic rings. The van der Waals surface area contributed by atoms with Crippen molar-refractivity contribution in [3.63, 3.8) is 0 Å². The Labute approximate surface area is 129 Å². The second-order valence-electron chi connectivity index (χ2n) is 4.91. The van der Waals surface area contributed by atoms with E-state index in [4.69, 9.17) is 5.73 Å². The molecule has 8 heteroatoms. The first-order valence-corrected chi connectivity index (χ1v) is 6.67. The summed E-state index contributed by atoms with van der Waals surface area (Å²) in [6.45, 7) is 0. The predicted molar refractivity (Wildman–Crippen MR) is 78.8 cm³/mol. The van der Waals surface area contributed by atoms with Gasteiger partial charge >= 0.3 is 6.18 Å². The predicted octanol–water partition coefficient (Wildman–Crippen LogP) is 1.90. The van der Waals surface area contributed by atoms with E-state index >= 15 is 0 Å². The Morgan fingerprint density at radius 3 is 2.52 bits per heavy atom. The van der Waals surface area contributed by atoms with Crippen LogP contribution in [0.1, 0.15) is 11.1 Å². The number of rotatable bonds is 4. The summed E-state index contributed by atoms with van der Waals surface area (Å²) < 4.78 is 37.9. The highest BCUT2D eigenvalue weighted by Crippen LogP contribution is 2.29. The van der Waals surface area contributed by atoms with E-state index in [1.54, 1.807) is 30.3 Å². The highest BCUT2D eigenvalue weighted by atomic mass is 19.4. The SMILES string of the molecule is NC(Cc1ccccc1)C(=O)Nc1cc(C(F)(F)F)c[nH]c1=O. The van der Waals surface area contributed by atoms with Gasteiger partial charge < -0.3 is 16.0 Å². The first-order valence-electron chi connectivity index (χ1n) is 6.67. The van der Waals surface area contributed by atoms with E-state index < -0.39 is 34.9 Å². The summed E-state index contributed by atoms with van der Waals surface area (Å²) in [4.78, 5) is 25.4. The van der Waals surface area contributed by atoms with Gasteiger partial charge in [-0.2, -0.15) is 13.2 Å². The van der Waals surface area contributed by atoms with Crippen molar-refractivity contribution < 1.29 is 18.0 Å². The molecule has 0 fully saturated rings. The number of amides is 1. The monoisotopic (exact) mass is 325 g/mol. The first kappa shape index (κ1) is 16.8. The zero-order valence-electron chi connectivity index (χ0n) is 11.9. The van der Waals surface area contributed by atoms with E-state index in [9.17, 15) is 22.8 Å². The lowest BCUT2D eigenvalue weighted by Gasteiger charge is -2.13. The molecule has 122 valence electrons. The highest BCUT2D eigenvalue weighted by Gasteiger charge is 2.31. The van der Waals surface area contributed by atoms with Crippen LogP contribution in [0, 0.1) is 0 Å². The summed E-state index contributed by atoms with van der Waals surface area (Å²) >= 11 is 0. The van der Waals surface area contributed by atoms with Gasteiger partial charge in [0.05, 0.1) is 11.6 Å². The summed E-state index contributed by atoms with van der Waals surface area (Å²) in [5.74, 6) is -0.737. The molecule has 1 aromatic carbocycles. The van der Waals surface area contributed by atoms with Gasteiger partial charge in [-0.3, -0.25) is 9.59 Å². The van der Waals surface area contributed by atoms with Gasteiger partial charge in [0.25, 0.3) is 5.56 Å². The molecule has 1 heterocycles. The number of alkyl halides is 3. The largest absolute Gasteiger partial charge is 0.417 e. The van der Waals surface area contributed by atoms with Gasteiger partial charge in [-0.15, -0.1) is 0 Å². The van der Waals surface area contributed by atoms with Gasteiger partial charge in [-0.25, -0.2) is 0 Å². The maximum Gasteiger partial charge on any atom is 0.417 e. The van der Waals surface area contributed by atoms with Crippen molar-refractivity contribution in [1.82, 2.24) is 4.98 Å². The summed E-state index contributed by atoms with van der Waals surface area (Å²) in [6.07, 6.45) is -3.89. The number of anilines is 1. The van der Waals surface area contributed by atoms with Gasteiger partial charge in [-0.1, -0.05) is 30.3 Å². The number of hydrogen-bond acceptors (Lipinski definition) is 3. The van der Waals surface area contributed by atoms with Gasteiger partial charge in [0.15, 0.2) is 0 Å². The third-order valence-corrected chi connectivity index (χ3v) is 3.12. The molecule has 1 atom stereocenters. The molecule has 1 unspecified atom stereocenters. The lowest BCUT2D eigenvalue weighted by Crippen LogP contribution is -2.38.